The van der Waals surface area contributed by atoms with Gasteiger partial charge < -0.3 is 15.5 Å². The number of alkyl halides is 1. The van der Waals surface area contributed by atoms with Gasteiger partial charge in [0.1, 0.15) is 6.17 Å². The zero-order chi connectivity index (χ0) is 20.8. The van der Waals surface area contributed by atoms with E-state index >= 15 is 0 Å². The summed E-state index contributed by atoms with van der Waals surface area (Å²) in [6.45, 7) is 3.49. The maximum atomic E-state index is 14.4. The van der Waals surface area contributed by atoms with Crippen molar-refractivity contribution in [1.29, 1.82) is 0 Å². The van der Waals surface area contributed by atoms with Crippen molar-refractivity contribution in [3.05, 3.63) is 0 Å². The molecule has 1 amide bonds. The van der Waals surface area contributed by atoms with E-state index in [-0.39, 0.29) is 23.9 Å². The molecular weight excluding hydrogens is 377 g/mol. The molecule has 4 nitrogen and oxygen atoms in total. The summed E-state index contributed by atoms with van der Waals surface area (Å²) < 4.78 is 14.4. The first-order chi connectivity index (χ1) is 14.5. The highest BCUT2D eigenvalue weighted by molar-refractivity contribution is 5.82. The van der Waals surface area contributed by atoms with Crippen molar-refractivity contribution in [2.45, 2.75) is 108 Å². The normalized spacial score (nSPS) is 49.4. The molecule has 5 aliphatic rings. The van der Waals surface area contributed by atoms with Gasteiger partial charge >= 0.3 is 0 Å². The number of hydrogen-bond donors (Lipinski definition) is 2. The van der Waals surface area contributed by atoms with Crippen LogP contribution in [0, 0.1) is 29.6 Å². The number of halogens is 1. The summed E-state index contributed by atoms with van der Waals surface area (Å²) in [5.74, 6) is 3.19. The zero-order valence-electron chi connectivity index (χ0n) is 19.0. The van der Waals surface area contributed by atoms with Crippen molar-refractivity contribution < 1.29 is 9.18 Å². The zero-order valence-corrected chi connectivity index (χ0v) is 19.0. The molecule has 2 heterocycles. The van der Waals surface area contributed by atoms with Gasteiger partial charge in [0, 0.05) is 24.0 Å². The first-order valence-electron chi connectivity index (χ1n) is 12.9. The summed E-state index contributed by atoms with van der Waals surface area (Å²) >= 11 is 0. The van der Waals surface area contributed by atoms with Crippen molar-refractivity contribution in [3.8, 4) is 0 Å². The predicted octanol–water partition coefficient (Wildman–Crippen LogP) is 3.90. The van der Waals surface area contributed by atoms with E-state index in [1.54, 1.807) is 0 Å². The Bertz CT molecular complexity index is 612. The summed E-state index contributed by atoms with van der Waals surface area (Å²) in [6, 6.07) is 1.15. The van der Waals surface area contributed by atoms with Crippen LogP contribution in [0.5, 0.6) is 0 Å². The van der Waals surface area contributed by atoms with Crippen LogP contribution in [0.3, 0.4) is 0 Å². The molecule has 30 heavy (non-hydrogen) atoms. The van der Waals surface area contributed by atoms with Gasteiger partial charge in [-0.05, 0) is 95.1 Å². The fourth-order valence-electron chi connectivity index (χ4n) is 8.03. The lowest BCUT2D eigenvalue weighted by molar-refractivity contribution is -0.124. The van der Waals surface area contributed by atoms with Gasteiger partial charge in [0.15, 0.2) is 0 Å². The molecule has 10 atom stereocenters. The van der Waals surface area contributed by atoms with Gasteiger partial charge in [0.25, 0.3) is 0 Å². The Morgan fingerprint density at radius 3 is 2.63 bits per heavy atom. The average Bonchev–Trinajstić information content (AvgIpc) is 3.36. The SMILES string of the molecule is CC1CCC(F)C2CC(C(=O)NC3CCCC(C4CCC5C(CCN5C)C4)C3)NC12. The summed E-state index contributed by atoms with van der Waals surface area (Å²) in [5, 5.41) is 6.90. The lowest BCUT2D eigenvalue weighted by atomic mass is 9.68. The van der Waals surface area contributed by atoms with Gasteiger partial charge in [-0.1, -0.05) is 19.8 Å². The number of carbonyl (C=O) groups is 1. The lowest BCUT2D eigenvalue weighted by Crippen LogP contribution is -2.49. The Hall–Kier alpha value is -0.680. The second-order valence-electron chi connectivity index (χ2n) is 11.5. The number of likely N-dealkylation sites (tertiary alicyclic amines) is 1. The number of nitrogens with zero attached hydrogens (tertiary/aromatic N) is 1. The van der Waals surface area contributed by atoms with Crippen LogP contribution >= 0.6 is 0 Å². The van der Waals surface area contributed by atoms with Crippen LogP contribution < -0.4 is 10.6 Å². The van der Waals surface area contributed by atoms with E-state index in [4.69, 9.17) is 0 Å². The molecular formula is C25H42FN3O. The number of amides is 1. The van der Waals surface area contributed by atoms with Crippen LogP contribution in [-0.4, -0.2) is 54.7 Å². The van der Waals surface area contributed by atoms with Gasteiger partial charge in [-0.15, -0.1) is 0 Å². The summed E-state index contributed by atoms with van der Waals surface area (Å²) in [4.78, 5) is 15.6. The van der Waals surface area contributed by atoms with Crippen LogP contribution in [-0.2, 0) is 4.79 Å². The number of rotatable bonds is 3. The molecule has 0 spiro atoms. The topological polar surface area (TPSA) is 44.4 Å². The largest absolute Gasteiger partial charge is 0.352 e. The molecule has 0 aromatic carbocycles. The molecule has 2 N–H and O–H groups in total. The molecule has 0 aromatic heterocycles. The molecule has 3 saturated carbocycles. The van der Waals surface area contributed by atoms with Gasteiger partial charge in [-0.25, -0.2) is 4.39 Å². The van der Waals surface area contributed by atoms with E-state index in [0.29, 0.717) is 24.8 Å². The van der Waals surface area contributed by atoms with Crippen LogP contribution in [0.2, 0.25) is 0 Å². The fraction of sp³-hybridized carbons (Fsp3) is 0.960. The number of fused-ring (bicyclic) bond motifs is 2. The quantitative estimate of drug-likeness (QED) is 0.729. The van der Waals surface area contributed by atoms with E-state index in [0.717, 1.165) is 43.1 Å². The third-order valence-corrected chi connectivity index (χ3v) is 9.78. The minimum absolute atomic E-state index is 0.0309. The third-order valence-electron chi connectivity index (χ3n) is 9.78. The van der Waals surface area contributed by atoms with E-state index in [9.17, 15) is 9.18 Å². The van der Waals surface area contributed by atoms with Crippen LogP contribution in [0.25, 0.3) is 0 Å². The maximum Gasteiger partial charge on any atom is 0.237 e. The van der Waals surface area contributed by atoms with E-state index < -0.39 is 6.17 Å². The van der Waals surface area contributed by atoms with Gasteiger partial charge in [-0.3, -0.25) is 4.79 Å². The predicted molar refractivity (Wildman–Crippen MR) is 118 cm³/mol. The number of carbonyl (C=O) groups excluding carboxylic acids is 1. The first kappa shape index (κ1) is 21.2. The second-order valence-corrected chi connectivity index (χ2v) is 11.5. The van der Waals surface area contributed by atoms with Crippen molar-refractivity contribution >= 4 is 5.91 Å². The summed E-state index contributed by atoms with van der Waals surface area (Å²) in [6.07, 6.45) is 11.9. The number of nitrogens with one attached hydrogen (secondary N) is 2. The molecule has 170 valence electrons. The number of hydrogen-bond acceptors (Lipinski definition) is 3. The van der Waals surface area contributed by atoms with Crippen LogP contribution in [0.1, 0.15) is 77.6 Å². The molecule has 5 heteroatoms. The molecule has 3 aliphatic carbocycles. The Morgan fingerprint density at radius 2 is 1.80 bits per heavy atom. The van der Waals surface area contributed by atoms with Gasteiger partial charge in [0.05, 0.1) is 6.04 Å². The first-order valence-corrected chi connectivity index (χ1v) is 12.9. The van der Waals surface area contributed by atoms with Gasteiger partial charge in [-0.2, -0.15) is 0 Å². The Labute approximate surface area is 182 Å². The smallest absolute Gasteiger partial charge is 0.237 e. The monoisotopic (exact) mass is 419 g/mol. The lowest BCUT2D eigenvalue weighted by Gasteiger charge is -2.41. The minimum atomic E-state index is -0.736. The van der Waals surface area contributed by atoms with Gasteiger partial charge in [0.2, 0.25) is 5.91 Å². The Balaban J connectivity index is 1.14. The van der Waals surface area contributed by atoms with Crippen molar-refractivity contribution in [1.82, 2.24) is 15.5 Å². The van der Waals surface area contributed by atoms with Crippen molar-refractivity contribution in [3.63, 3.8) is 0 Å². The molecule has 0 bridgehead atoms. The highest BCUT2D eigenvalue weighted by Gasteiger charge is 2.47. The van der Waals surface area contributed by atoms with Crippen LogP contribution in [0.4, 0.5) is 4.39 Å². The summed E-state index contributed by atoms with van der Waals surface area (Å²) in [7, 11) is 2.30. The molecule has 5 fully saturated rings. The van der Waals surface area contributed by atoms with E-state index in [1.807, 2.05) is 0 Å². The highest BCUT2D eigenvalue weighted by atomic mass is 19.1. The maximum absolute atomic E-state index is 14.4. The van der Waals surface area contributed by atoms with Crippen molar-refractivity contribution in [2.24, 2.45) is 29.6 Å². The Morgan fingerprint density at radius 1 is 0.967 bits per heavy atom. The van der Waals surface area contributed by atoms with Crippen LogP contribution in [0.15, 0.2) is 0 Å². The highest BCUT2D eigenvalue weighted by Crippen LogP contribution is 2.45. The molecule has 0 radical (unpaired) electrons. The van der Waals surface area contributed by atoms with E-state index in [1.165, 1.54) is 45.1 Å². The molecule has 2 saturated heterocycles. The average molecular weight is 420 g/mol. The molecule has 0 aromatic rings. The molecule has 10 unspecified atom stereocenters. The third kappa shape index (κ3) is 4.05. The fourth-order valence-corrected chi connectivity index (χ4v) is 8.03. The van der Waals surface area contributed by atoms with E-state index in [2.05, 4.69) is 29.5 Å². The summed E-state index contributed by atoms with van der Waals surface area (Å²) in [5.41, 5.74) is 0. The minimum Gasteiger partial charge on any atom is -0.352 e. The molecule has 2 aliphatic heterocycles. The second kappa shape index (κ2) is 8.69. The van der Waals surface area contributed by atoms with Crippen molar-refractivity contribution in [2.75, 3.05) is 13.6 Å². The standard InChI is InChI=1S/C25H42FN3O/c1-15-6-8-21(26)20-14-22(28-24(15)20)25(30)27-19-5-3-4-16(13-19)17-7-9-23-18(12-17)10-11-29(23)2/h15-24,28H,3-14H2,1-2H3,(H,27,30). The Kier molecular flexibility index (Phi) is 6.14. The molecule has 5 rings (SSSR count).